The maximum Gasteiger partial charge on any atom is 0.322 e. The average Bonchev–Trinajstić information content (AvgIpc) is 3.01. The number of benzene rings is 3. The van der Waals surface area contributed by atoms with E-state index in [2.05, 4.69) is 20.4 Å². The summed E-state index contributed by atoms with van der Waals surface area (Å²) < 4.78 is 0. The third-order valence-corrected chi connectivity index (χ3v) is 8.72. The van der Waals surface area contributed by atoms with Crippen LogP contribution in [0.3, 0.4) is 0 Å². The summed E-state index contributed by atoms with van der Waals surface area (Å²) in [6, 6.07) is 19.2. The highest BCUT2D eigenvalue weighted by Gasteiger charge is 2.24. The van der Waals surface area contributed by atoms with Crippen LogP contribution in [0.2, 0.25) is 10.0 Å². The molecule has 4 amide bonds. The van der Waals surface area contributed by atoms with E-state index in [9.17, 15) is 14.4 Å². The summed E-state index contributed by atoms with van der Waals surface area (Å²) in [5, 5.41) is 6.66. The van der Waals surface area contributed by atoms with Crippen LogP contribution in [-0.4, -0.2) is 84.9 Å². The Morgan fingerprint density at radius 1 is 0.727 bits per heavy atom. The number of aryl methyl sites for hydroxylation is 1. The number of hydrogen-bond acceptors (Lipinski definition) is 5. The van der Waals surface area contributed by atoms with Crippen molar-refractivity contribution in [3.63, 3.8) is 0 Å². The van der Waals surface area contributed by atoms with E-state index in [-0.39, 0.29) is 17.8 Å². The Bertz CT molecular complexity index is 1460. The molecule has 5 rings (SSSR count). The van der Waals surface area contributed by atoms with Gasteiger partial charge in [-0.1, -0.05) is 53.0 Å². The Morgan fingerprint density at radius 3 is 1.91 bits per heavy atom. The summed E-state index contributed by atoms with van der Waals surface area (Å²) in [7, 11) is 0. The molecule has 2 aliphatic rings. The van der Waals surface area contributed by atoms with Crippen LogP contribution in [0.15, 0.2) is 60.7 Å². The third-order valence-electron chi connectivity index (χ3n) is 8.13. The number of anilines is 3. The van der Waals surface area contributed by atoms with Crippen LogP contribution in [0.25, 0.3) is 0 Å². The molecule has 2 heterocycles. The maximum absolute atomic E-state index is 13.1. The fourth-order valence-corrected chi connectivity index (χ4v) is 6.15. The number of nitrogens with zero attached hydrogens (tertiary/aromatic N) is 4. The topological polar surface area (TPSA) is 88.2 Å². The summed E-state index contributed by atoms with van der Waals surface area (Å²) >= 11 is 13.1. The molecule has 44 heavy (non-hydrogen) atoms. The highest BCUT2D eigenvalue weighted by Crippen LogP contribution is 2.33. The molecule has 0 bridgehead atoms. The SMILES string of the molecule is CC(=O)N1CCN(Cc2cc(Cl)c(NC(=O)N3CCN(c4ccc(NC(=O)Cc5ccc(C)cc5)cc4)CC3)c(Cl)c2)CC1. The normalized spacial score (nSPS) is 15.7. The van der Waals surface area contributed by atoms with Crippen LogP contribution in [0.1, 0.15) is 23.6 Å². The molecule has 11 heteroatoms. The van der Waals surface area contributed by atoms with Gasteiger partial charge in [0, 0.05) is 77.2 Å². The first-order valence-corrected chi connectivity index (χ1v) is 15.6. The number of carbonyl (C=O) groups excluding carboxylic acids is 3. The number of halogens is 2. The predicted molar refractivity (Wildman–Crippen MR) is 177 cm³/mol. The van der Waals surface area contributed by atoms with Crippen molar-refractivity contribution in [1.29, 1.82) is 0 Å². The number of rotatable bonds is 7. The number of piperazine rings is 2. The minimum atomic E-state index is -0.242. The predicted octanol–water partition coefficient (Wildman–Crippen LogP) is 5.50. The lowest BCUT2D eigenvalue weighted by Gasteiger charge is -2.36. The molecule has 232 valence electrons. The summed E-state index contributed by atoms with van der Waals surface area (Å²) in [5.41, 5.74) is 5.29. The number of hydrogen-bond donors (Lipinski definition) is 2. The quantitative estimate of drug-likeness (QED) is 0.358. The van der Waals surface area contributed by atoms with Crippen molar-refractivity contribution in [3.05, 3.63) is 87.4 Å². The van der Waals surface area contributed by atoms with Gasteiger partial charge in [-0.25, -0.2) is 4.79 Å². The van der Waals surface area contributed by atoms with Gasteiger partial charge in [-0.3, -0.25) is 14.5 Å². The molecule has 2 N–H and O–H groups in total. The Balaban J connectivity index is 1.09. The van der Waals surface area contributed by atoms with Crippen molar-refractivity contribution in [1.82, 2.24) is 14.7 Å². The first-order valence-electron chi connectivity index (χ1n) is 14.9. The number of urea groups is 1. The molecule has 0 aliphatic carbocycles. The van der Waals surface area contributed by atoms with Crippen LogP contribution in [0.5, 0.6) is 0 Å². The van der Waals surface area contributed by atoms with Gasteiger partial charge in [-0.2, -0.15) is 0 Å². The smallest absolute Gasteiger partial charge is 0.322 e. The zero-order valence-electron chi connectivity index (χ0n) is 25.1. The lowest BCUT2D eigenvalue weighted by Crippen LogP contribution is -2.50. The molecule has 0 radical (unpaired) electrons. The highest BCUT2D eigenvalue weighted by atomic mass is 35.5. The zero-order valence-corrected chi connectivity index (χ0v) is 26.6. The maximum atomic E-state index is 13.1. The van der Waals surface area contributed by atoms with Gasteiger partial charge in [0.05, 0.1) is 22.2 Å². The van der Waals surface area contributed by atoms with Crippen LogP contribution < -0.4 is 15.5 Å². The second-order valence-corrected chi connectivity index (χ2v) is 12.2. The first kappa shape index (κ1) is 31.6. The van der Waals surface area contributed by atoms with E-state index in [4.69, 9.17) is 23.2 Å². The van der Waals surface area contributed by atoms with E-state index in [0.717, 1.165) is 35.6 Å². The zero-order chi connectivity index (χ0) is 31.2. The van der Waals surface area contributed by atoms with E-state index in [1.54, 1.807) is 11.8 Å². The van der Waals surface area contributed by atoms with E-state index >= 15 is 0 Å². The standard InChI is InChI=1S/C33H38Cl2N6O3/c1-23-3-5-25(6-4-23)21-31(43)36-27-7-9-28(10-8-27)40-15-17-41(18-16-40)33(44)37-32-29(34)19-26(20-30(32)35)22-38-11-13-39(14-12-38)24(2)42/h3-10,19-20H,11-18,21-22H2,1-2H3,(H,36,43)(H,37,44). The minimum Gasteiger partial charge on any atom is -0.368 e. The van der Waals surface area contributed by atoms with Gasteiger partial charge in [0.15, 0.2) is 0 Å². The lowest BCUT2D eigenvalue weighted by molar-refractivity contribution is -0.130. The van der Waals surface area contributed by atoms with Crippen molar-refractivity contribution >= 4 is 58.1 Å². The second kappa shape index (κ2) is 14.3. The molecule has 0 spiro atoms. The van der Waals surface area contributed by atoms with Gasteiger partial charge in [-0.05, 0) is 54.4 Å². The molecule has 0 aromatic heterocycles. The lowest BCUT2D eigenvalue weighted by atomic mass is 10.1. The Hall–Kier alpha value is -3.79. The fraction of sp³-hybridized carbons (Fsp3) is 0.364. The van der Waals surface area contributed by atoms with Crippen LogP contribution in [0.4, 0.5) is 21.9 Å². The summed E-state index contributed by atoms with van der Waals surface area (Å²) in [5.74, 6) is 0.0447. The van der Waals surface area contributed by atoms with Gasteiger partial charge >= 0.3 is 6.03 Å². The van der Waals surface area contributed by atoms with E-state index in [0.29, 0.717) is 68.0 Å². The first-order chi connectivity index (χ1) is 21.1. The Morgan fingerprint density at radius 2 is 1.32 bits per heavy atom. The summed E-state index contributed by atoms with van der Waals surface area (Å²) in [4.78, 5) is 45.2. The van der Waals surface area contributed by atoms with E-state index in [1.807, 2.05) is 72.5 Å². The third kappa shape index (κ3) is 8.22. The molecule has 2 aliphatic heterocycles. The van der Waals surface area contributed by atoms with Crippen molar-refractivity contribution in [2.45, 2.75) is 26.8 Å². The van der Waals surface area contributed by atoms with Crippen LogP contribution in [0, 0.1) is 6.92 Å². The van der Waals surface area contributed by atoms with Gasteiger partial charge in [0.25, 0.3) is 0 Å². The highest BCUT2D eigenvalue weighted by molar-refractivity contribution is 6.39. The monoisotopic (exact) mass is 636 g/mol. The Kier molecular flexibility index (Phi) is 10.3. The van der Waals surface area contributed by atoms with E-state index < -0.39 is 0 Å². The molecule has 3 aromatic rings. The molecule has 2 saturated heterocycles. The molecular weight excluding hydrogens is 599 g/mol. The van der Waals surface area contributed by atoms with Crippen LogP contribution in [-0.2, 0) is 22.6 Å². The largest absolute Gasteiger partial charge is 0.368 e. The summed E-state index contributed by atoms with van der Waals surface area (Å²) in [6.07, 6.45) is 0.327. The fourth-order valence-electron chi connectivity index (χ4n) is 5.52. The average molecular weight is 638 g/mol. The van der Waals surface area contributed by atoms with Gasteiger partial charge in [0.2, 0.25) is 11.8 Å². The van der Waals surface area contributed by atoms with Gasteiger partial charge in [-0.15, -0.1) is 0 Å². The van der Waals surface area contributed by atoms with Crippen molar-refractivity contribution in [2.75, 3.05) is 67.9 Å². The molecule has 9 nitrogen and oxygen atoms in total. The number of amides is 4. The van der Waals surface area contributed by atoms with E-state index in [1.165, 1.54) is 5.56 Å². The minimum absolute atomic E-state index is 0.0553. The molecule has 2 fully saturated rings. The van der Waals surface area contributed by atoms with Crippen LogP contribution >= 0.6 is 23.2 Å². The van der Waals surface area contributed by atoms with Crippen molar-refractivity contribution < 1.29 is 14.4 Å². The van der Waals surface area contributed by atoms with Gasteiger partial charge < -0.3 is 25.3 Å². The van der Waals surface area contributed by atoms with Gasteiger partial charge in [0.1, 0.15) is 0 Å². The second-order valence-electron chi connectivity index (χ2n) is 11.4. The number of carbonyl (C=O) groups is 3. The Labute approximate surface area is 268 Å². The molecule has 0 saturated carbocycles. The van der Waals surface area contributed by atoms with Crippen molar-refractivity contribution in [2.24, 2.45) is 0 Å². The number of nitrogens with one attached hydrogen (secondary N) is 2. The molecule has 0 atom stereocenters. The van der Waals surface area contributed by atoms with Crippen molar-refractivity contribution in [3.8, 4) is 0 Å². The molecule has 0 unspecified atom stereocenters. The molecule has 3 aromatic carbocycles. The summed E-state index contributed by atoms with van der Waals surface area (Å²) in [6.45, 7) is 9.70. The molecular formula is C33H38Cl2N6O3.